The number of carbonyl (C=O) groups is 1. The van der Waals surface area contributed by atoms with Crippen LogP contribution in [0.2, 0.25) is 0 Å². The molecule has 0 spiro atoms. The van der Waals surface area contributed by atoms with Crippen LogP contribution in [0.15, 0.2) is 39.7 Å². The van der Waals surface area contributed by atoms with E-state index in [2.05, 4.69) is 15.0 Å². The monoisotopic (exact) mass is 462 g/mol. The van der Waals surface area contributed by atoms with Crippen molar-refractivity contribution in [3.63, 3.8) is 0 Å². The van der Waals surface area contributed by atoms with Crippen molar-refractivity contribution in [1.82, 2.24) is 15.0 Å². The lowest BCUT2D eigenvalue weighted by Gasteiger charge is -2.10. The topological polar surface area (TPSA) is 113 Å². The molecule has 0 bridgehead atoms. The van der Waals surface area contributed by atoms with Gasteiger partial charge < -0.3 is 9.40 Å². The van der Waals surface area contributed by atoms with E-state index in [-0.39, 0.29) is 35.8 Å². The molecule has 0 amide bonds. The Hall–Kier alpha value is -3.64. The number of nitrogens with one attached hydrogen (secondary N) is 1. The number of Topliss-reactive ketones (excluding diaryl/α,β-unsaturated/α-hetero) is 1. The first kappa shape index (κ1) is 21.2. The van der Waals surface area contributed by atoms with Crippen LogP contribution in [0, 0.1) is 17.1 Å². The zero-order valence-corrected chi connectivity index (χ0v) is 18.4. The Bertz CT molecular complexity index is 1450. The largest absolute Gasteiger partial charge is 0.441 e. The summed E-state index contributed by atoms with van der Waals surface area (Å²) in [6.45, 7) is 0. The first-order chi connectivity index (χ1) is 16.0. The maximum Gasteiger partial charge on any atom is 0.259 e. The molecular formula is C24H19FN4O3S. The summed E-state index contributed by atoms with van der Waals surface area (Å²) in [5, 5.41) is 10.2. The molecule has 3 aromatic heterocycles. The third-order valence-corrected chi connectivity index (χ3v) is 7.02. The number of aromatic nitrogens is 3. The zero-order valence-electron chi connectivity index (χ0n) is 17.6. The number of fused-ring (bicyclic) bond motifs is 3. The lowest BCUT2D eigenvalue weighted by Crippen LogP contribution is -2.20. The lowest BCUT2D eigenvalue weighted by molar-refractivity contribution is -0.119. The third kappa shape index (κ3) is 4.10. The molecule has 0 radical (unpaired) electrons. The molecule has 3 heterocycles. The highest BCUT2D eigenvalue weighted by molar-refractivity contribution is 7.18. The molecule has 1 N–H and O–H groups in total. The number of hydrogen-bond acceptors (Lipinski definition) is 7. The Morgan fingerprint density at radius 1 is 1.27 bits per heavy atom. The molecule has 7 nitrogen and oxygen atoms in total. The highest BCUT2D eigenvalue weighted by atomic mass is 32.1. The van der Waals surface area contributed by atoms with Crippen molar-refractivity contribution in [3.8, 4) is 17.4 Å². The maximum absolute atomic E-state index is 13.1. The summed E-state index contributed by atoms with van der Waals surface area (Å²) in [6.07, 6.45) is 5.64. The SMILES string of the molecule is N#CC(C(=O)CCc1ncc(-c2ccc(F)cc2)o1)c1nc2sc3c(c2c(=O)[nH]1)CCCC3. The highest BCUT2D eigenvalue weighted by Gasteiger charge is 2.26. The molecule has 1 aliphatic carbocycles. The molecule has 0 saturated carbocycles. The Labute approximate surface area is 191 Å². The molecule has 0 fully saturated rings. The van der Waals surface area contributed by atoms with Gasteiger partial charge in [0, 0.05) is 23.3 Å². The van der Waals surface area contributed by atoms with Gasteiger partial charge in [0.25, 0.3) is 5.56 Å². The van der Waals surface area contributed by atoms with Gasteiger partial charge in [-0.15, -0.1) is 11.3 Å². The summed E-state index contributed by atoms with van der Waals surface area (Å²) in [7, 11) is 0. The van der Waals surface area contributed by atoms with Gasteiger partial charge >= 0.3 is 0 Å². The second kappa shape index (κ2) is 8.71. The van der Waals surface area contributed by atoms with E-state index in [1.807, 2.05) is 6.07 Å². The summed E-state index contributed by atoms with van der Waals surface area (Å²) in [6, 6.07) is 7.79. The van der Waals surface area contributed by atoms with E-state index < -0.39 is 5.92 Å². The Morgan fingerprint density at radius 3 is 2.85 bits per heavy atom. The van der Waals surface area contributed by atoms with Crippen LogP contribution < -0.4 is 5.56 Å². The third-order valence-electron chi connectivity index (χ3n) is 5.84. The van der Waals surface area contributed by atoms with Gasteiger partial charge in [-0.1, -0.05) is 0 Å². The van der Waals surface area contributed by atoms with Crippen LogP contribution in [0.25, 0.3) is 21.5 Å². The van der Waals surface area contributed by atoms with E-state index in [1.54, 1.807) is 12.1 Å². The van der Waals surface area contributed by atoms with E-state index in [0.29, 0.717) is 27.4 Å². The normalized spacial score (nSPS) is 14.1. The second-order valence-corrected chi connectivity index (χ2v) is 9.08. The van der Waals surface area contributed by atoms with Crippen LogP contribution in [-0.4, -0.2) is 20.7 Å². The average molecular weight is 463 g/mol. The number of aryl methyl sites for hydroxylation is 3. The molecule has 1 aliphatic rings. The summed E-state index contributed by atoms with van der Waals surface area (Å²) in [4.78, 5) is 38.7. The second-order valence-electron chi connectivity index (χ2n) is 8.00. The number of H-pyrrole nitrogens is 1. The summed E-state index contributed by atoms with van der Waals surface area (Å²) < 4.78 is 18.8. The Balaban J connectivity index is 1.33. The first-order valence-corrected chi connectivity index (χ1v) is 11.5. The lowest BCUT2D eigenvalue weighted by atomic mass is 9.97. The number of benzene rings is 1. The number of nitrogens with zero attached hydrogens (tertiary/aromatic N) is 3. The molecule has 5 rings (SSSR count). The minimum atomic E-state index is -1.17. The molecule has 33 heavy (non-hydrogen) atoms. The number of thiophene rings is 1. The van der Waals surface area contributed by atoms with E-state index in [4.69, 9.17) is 4.42 Å². The van der Waals surface area contributed by atoms with Gasteiger partial charge in [-0.3, -0.25) is 9.59 Å². The molecule has 9 heteroatoms. The van der Waals surface area contributed by atoms with Crippen molar-refractivity contribution >= 4 is 27.3 Å². The van der Waals surface area contributed by atoms with Crippen LogP contribution in [0.4, 0.5) is 4.39 Å². The minimum absolute atomic E-state index is 0.00425. The number of oxazole rings is 1. The molecule has 1 aromatic carbocycles. The average Bonchev–Trinajstić information content (AvgIpc) is 3.43. The van der Waals surface area contributed by atoms with Gasteiger partial charge in [-0.2, -0.15) is 5.26 Å². The predicted molar refractivity (Wildman–Crippen MR) is 120 cm³/mol. The zero-order chi connectivity index (χ0) is 22.9. The number of carbonyl (C=O) groups excluding carboxylic acids is 1. The first-order valence-electron chi connectivity index (χ1n) is 10.7. The molecule has 4 aromatic rings. The molecular weight excluding hydrogens is 443 g/mol. The highest BCUT2D eigenvalue weighted by Crippen LogP contribution is 2.34. The number of ketones is 1. The van der Waals surface area contributed by atoms with Gasteiger partial charge in [-0.05, 0) is 55.5 Å². The minimum Gasteiger partial charge on any atom is -0.441 e. The van der Waals surface area contributed by atoms with Crippen molar-refractivity contribution in [2.24, 2.45) is 0 Å². The van der Waals surface area contributed by atoms with E-state index in [0.717, 1.165) is 31.2 Å². The van der Waals surface area contributed by atoms with Crippen LogP contribution in [-0.2, 0) is 24.1 Å². The maximum atomic E-state index is 13.1. The molecule has 1 unspecified atom stereocenters. The fourth-order valence-electron chi connectivity index (χ4n) is 4.15. The van der Waals surface area contributed by atoms with Crippen molar-refractivity contribution in [2.45, 2.75) is 44.4 Å². The van der Waals surface area contributed by atoms with Gasteiger partial charge in [-0.25, -0.2) is 14.4 Å². The van der Waals surface area contributed by atoms with Crippen molar-refractivity contribution in [3.05, 3.63) is 68.8 Å². The molecule has 0 saturated heterocycles. The number of aromatic amines is 1. The molecule has 0 aliphatic heterocycles. The smallest absolute Gasteiger partial charge is 0.259 e. The van der Waals surface area contributed by atoms with Crippen molar-refractivity contribution in [2.75, 3.05) is 0 Å². The quantitative estimate of drug-likeness (QED) is 0.452. The number of hydrogen-bond donors (Lipinski definition) is 1. The van der Waals surface area contributed by atoms with Crippen molar-refractivity contribution in [1.29, 1.82) is 5.26 Å². The van der Waals surface area contributed by atoms with Gasteiger partial charge in [0.15, 0.2) is 23.4 Å². The fraction of sp³-hybridized carbons (Fsp3) is 0.292. The van der Waals surface area contributed by atoms with E-state index in [9.17, 15) is 19.2 Å². The Kier molecular flexibility index (Phi) is 5.60. The summed E-state index contributed by atoms with van der Waals surface area (Å²) >= 11 is 1.48. The summed E-state index contributed by atoms with van der Waals surface area (Å²) in [5.41, 5.74) is 1.44. The van der Waals surface area contributed by atoms with Crippen molar-refractivity contribution < 1.29 is 13.6 Å². The number of halogens is 1. The van der Waals surface area contributed by atoms with Crippen LogP contribution in [0.5, 0.6) is 0 Å². The van der Waals surface area contributed by atoms with Gasteiger partial charge in [0.1, 0.15) is 16.5 Å². The van der Waals surface area contributed by atoms with Gasteiger partial charge in [0.2, 0.25) is 0 Å². The van der Waals surface area contributed by atoms with Gasteiger partial charge in [0.05, 0.1) is 17.7 Å². The van der Waals surface area contributed by atoms with Crippen LogP contribution >= 0.6 is 11.3 Å². The Morgan fingerprint density at radius 2 is 2.06 bits per heavy atom. The predicted octanol–water partition coefficient (Wildman–Crippen LogP) is 4.47. The number of nitriles is 1. The van der Waals surface area contributed by atoms with E-state index >= 15 is 0 Å². The van der Waals surface area contributed by atoms with E-state index in [1.165, 1.54) is 34.5 Å². The molecule has 1 atom stereocenters. The standard InChI is InChI=1S/C24H19FN4O3S/c25-14-7-5-13(6-8-14)18-12-27-20(32-18)10-9-17(30)16(11-26)22-28-23(31)21-15-3-1-2-4-19(15)33-24(21)29-22/h5-8,12,16H,1-4,9-10H2,(H,28,29,31). The molecule has 166 valence electrons. The van der Waals surface area contributed by atoms with Crippen LogP contribution in [0.3, 0.4) is 0 Å². The summed E-state index contributed by atoms with van der Waals surface area (Å²) in [5.74, 6) is -1.01. The fourth-order valence-corrected chi connectivity index (χ4v) is 5.42. The number of rotatable bonds is 6. The van der Waals surface area contributed by atoms with Crippen LogP contribution in [0.1, 0.15) is 47.3 Å².